The maximum Gasteiger partial charge on any atom is 0.251 e. The highest BCUT2D eigenvalue weighted by atomic mass is 16.2. The number of rotatable bonds is 6. The summed E-state index contributed by atoms with van der Waals surface area (Å²) in [4.78, 5) is 24.6. The Morgan fingerprint density at radius 2 is 1.60 bits per heavy atom. The van der Waals surface area contributed by atoms with Gasteiger partial charge in [0.2, 0.25) is 5.91 Å². The lowest BCUT2D eigenvalue weighted by atomic mass is 9.64. The van der Waals surface area contributed by atoms with E-state index in [1.165, 1.54) is 12.0 Å². The van der Waals surface area contributed by atoms with Gasteiger partial charge in [-0.05, 0) is 37.5 Å². The van der Waals surface area contributed by atoms with Gasteiger partial charge < -0.3 is 10.6 Å². The summed E-state index contributed by atoms with van der Waals surface area (Å²) in [7, 11) is 0. The molecule has 0 heterocycles. The van der Waals surface area contributed by atoms with E-state index < -0.39 is 6.04 Å². The summed E-state index contributed by atoms with van der Waals surface area (Å²) in [6, 6.07) is 18.7. The van der Waals surface area contributed by atoms with Crippen LogP contribution in [0.4, 0.5) is 0 Å². The van der Waals surface area contributed by atoms with Gasteiger partial charge in [-0.3, -0.25) is 9.59 Å². The predicted molar refractivity (Wildman–Crippen MR) is 98.4 cm³/mol. The number of amides is 2. The van der Waals surface area contributed by atoms with Crippen molar-refractivity contribution >= 4 is 11.8 Å². The standard InChI is InChI=1S/C21H24N2O2/c1-16(23-20(25)17-9-4-2-5-10-17)19(24)22-15-21(13-8-14-21)18-11-6-3-7-12-18/h2-7,9-12,16H,8,13-15H2,1H3,(H,22,24)(H,23,25)/t16-/m1/s1. The molecule has 1 saturated carbocycles. The quantitative estimate of drug-likeness (QED) is 0.852. The zero-order valence-corrected chi connectivity index (χ0v) is 14.5. The first-order valence-electron chi connectivity index (χ1n) is 8.80. The van der Waals surface area contributed by atoms with Crippen molar-refractivity contribution in [3.63, 3.8) is 0 Å². The highest BCUT2D eigenvalue weighted by Gasteiger charge is 2.38. The average Bonchev–Trinajstić information content (AvgIpc) is 2.62. The molecule has 0 bridgehead atoms. The molecule has 2 amide bonds. The smallest absolute Gasteiger partial charge is 0.251 e. The maximum atomic E-state index is 12.4. The minimum atomic E-state index is -0.569. The third-order valence-corrected chi connectivity index (χ3v) is 5.07. The van der Waals surface area contributed by atoms with Gasteiger partial charge >= 0.3 is 0 Å². The number of carbonyl (C=O) groups is 2. The van der Waals surface area contributed by atoms with Crippen LogP contribution in [-0.2, 0) is 10.2 Å². The predicted octanol–water partition coefficient (Wildman–Crippen LogP) is 3.04. The van der Waals surface area contributed by atoms with E-state index in [4.69, 9.17) is 0 Å². The van der Waals surface area contributed by atoms with Crippen LogP contribution in [0.25, 0.3) is 0 Å². The van der Waals surface area contributed by atoms with E-state index in [1.54, 1.807) is 31.2 Å². The number of hydrogen-bond donors (Lipinski definition) is 2. The monoisotopic (exact) mass is 336 g/mol. The Hall–Kier alpha value is -2.62. The van der Waals surface area contributed by atoms with Crippen LogP contribution < -0.4 is 10.6 Å². The van der Waals surface area contributed by atoms with E-state index in [9.17, 15) is 9.59 Å². The van der Waals surface area contributed by atoms with Crippen molar-refractivity contribution in [3.05, 3.63) is 71.8 Å². The Morgan fingerprint density at radius 1 is 1.00 bits per heavy atom. The van der Waals surface area contributed by atoms with Crippen molar-refractivity contribution in [2.45, 2.75) is 37.6 Å². The first-order valence-corrected chi connectivity index (χ1v) is 8.80. The first-order chi connectivity index (χ1) is 12.1. The van der Waals surface area contributed by atoms with Crippen LogP contribution >= 0.6 is 0 Å². The Balaban J connectivity index is 1.56. The van der Waals surface area contributed by atoms with Crippen LogP contribution in [0.3, 0.4) is 0 Å². The molecule has 2 aromatic rings. The zero-order chi connectivity index (χ0) is 17.7. The van der Waals surface area contributed by atoms with Gasteiger partial charge in [-0.1, -0.05) is 55.0 Å². The van der Waals surface area contributed by atoms with Gasteiger partial charge in [0, 0.05) is 17.5 Å². The molecular weight excluding hydrogens is 312 g/mol. The number of nitrogens with one attached hydrogen (secondary N) is 2. The molecule has 0 unspecified atom stereocenters. The lowest BCUT2D eigenvalue weighted by Gasteiger charge is -2.42. The normalized spacial score (nSPS) is 16.4. The fourth-order valence-corrected chi connectivity index (χ4v) is 3.31. The molecule has 0 spiro atoms. The molecule has 25 heavy (non-hydrogen) atoms. The van der Waals surface area contributed by atoms with Gasteiger partial charge in [0.1, 0.15) is 6.04 Å². The molecule has 4 nitrogen and oxygen atoms in total. The molecule has 1 fully saturated rings. The number of hydrogen-bond acceptors (Lipinski definition) is 2. The second-order valence-electron chi connectivity index (χ2n) is 6.78. The minimum Gasteiger partial charge on any atom is -0.353 e. The number of benzene rings is 2. The Morgan fingerprint density at radius 3 is 2.16 bits per heavy atom. The number of carbonyl (C=O) groups excluding carboxylic acids is 2. The largest absolute Gasteiger partial charge is 0.353 e. The average molecular weight is 336 g/mol. The highest BCUT2D eigenvalue weighted by molar-refractivity contribution is 5.97. The van der Waals surface area contributed by atoms with Gasteiger partial charge in [-0.2, -0.15) is 0 Å². The topological polar surface area (TPSA) is 58.2 Å². The van der Waals surface area contributed by atoms with Crippen molar-refractivity contribution in [2.75, 3.05) is 6.54 Å². The van der Waals surface area contributed by atoms with Crippen molar-refractivity contribution in [2.24, 2.45) is 0 Å². The molecule has 1 atom stereocenters. The Labute approximate surface area is 148 Å². The van der Waals surface area contributed by atoms with E-state index in [2.05, 4.69) is 22.8 Å². The molecule has 4 heteroatoms. The second-order valence-corrected chi connectivity index (χ2v) is 6.78. The minimum absolute atomic E-state index is 0.0417. The summed E-state index contributed by atoms with van der Waals surface area (Å²) in [6.45, 7) is 2.33. The molecule has 2 N–H and O–H groups in total. The van der Waals surface area contributed by atoms with Crippen LogP contribution in [0.2, 0.25) is 0 Å². The van der Waals surface area contributed by atoms with Crippen LogP contribution in [0.15, 0.2) is 60.7 Å². The van der Waals surface area contributed by atoms with Crippen LogP contribution in [0.5, 0.6) is 0 Å². The summed E-state index contributed by atoms with van der Waals surface area (Å²) in [5, 5.41) is 5.78. The lowest BCUT2D eigenvalue weighted by Crippen LogP contribution is -2.51. The van der Waals surface area contributed by atoms with E-state index in [0.717, 1.165) is 12.8 Å². The van der Waals surface area contributed by atoms with Crippen molar-refractivity contribution in [1.82, 2.24) is 10.6 Å². The molecule has 0 aromatic heterocycles. The summed E-state index contributed by atoms with van der Waals surface area (Å²) in [5.74, 6) is -0.379. The van der Waals surface area contributed by atoms with E-state index in [0.29, 0.717) is 12.1 Å². The van der Waals surface area contributed by atoms with Gasteiger partial charge in [-0.25, -0.2) is 0 Å². The van der Waals surface area contributed by atoms with Gasteiger partial charge in [0.25, 0.3) is 5.91 Å². The van der Waals surface area contributed by atoms with Gasteiger partial charge in [0.05, 0.1) is 0 Å². The molecule has 0 saturated heterocycles. The molecule has 0 aliphatic heterocycles. The zero-order valence-electron chi connectivity index (χ0n) is 14.5. The first kappa shape index (κ1) is 17.2. The fraction of sp³-hybridized carbons (Fsp3) is 0.333. The highest BCUT2D eigenvalue weighted by Crippen LogP contribution is 2.43. The molecule has 130 valence electrons. The molecular formula is C21H24N2O2. The Kier molecular flexibility index (Phi) is 5.17. The van der Waals surface area contributed by atoms with E-state index >= 15 is 0 Å². The molecule has 1 aliphatic rings. The van der Waals surface area contributed by atoms with Crippen molar-refractivity contribution in [3.8, 4) is 0 Å². The van der Waals surface area contributed by atoms with Crippen LogP contribution in [0.1, 0.15) is 42.1 Å². The van der Waals surface area contributed by atoms with E-state index in [-0.39, 0.29) is 17.2 Å². The van der Waals surface area contributed by atoms with Crippen LogP contribution in [-0.4, -0.2) is 24.4 Å². The maximum absolute atomic E-state index is 12.4. The summed E-state index contributed by atoms with van der Waals surface area (Å²) in [5.41, 5.74) is 1.88. The Bertz CT molecular complexity index is 724. The summed E-state index contributed by atoms with van der Waals surface area (Å²) >= 11 is 0. The van der Waals surface area contributed by atoms with Gasteiger partial charge in [-0.15, -0.1) is 0 Å². The SMILES string of the molecule is C[C@@H](NC(=O)c1ccccc1)C(=O)NCC1(c2ccccc2)CCC1. The summed E-state index contributed by atoms with van der Waals surface area (Å²) in [6.07, 6.45) is 3.36. The van der Waals surface area contributed by atoms with Gasteiger partial charge in [0.15, 0.2) is 0 Å². The molecule has 2 aromatic carbocycles. The van der Waals surface area contributed by atoms with Crippen LogP contribution in [0, 0.1) is 0 Å². The summed E-state index contributed by atoms with van der Waals surface area (Å²) < 4.78 is 0. The van der Waals surface area contributed by atoms with E-state index in [1.807, 2.05) is 24.3 Å². The lowest BCUT2D eigenvalue weighted by molar-refractivity contribution is -0.123. The van der Waals surface area contributed by atoms with Crippen molar-refractivity contribution in [1.29, 1.82) is 0 Å². The molecule has 0 radical (unpaired) electrons. The third kappa shape index (κ3) is 3.90. The third-order valence-electron chi connectivity index (χ3n) is 5.07. The molecule has 1 aliphatic carbocycles. The van der Waals surface area contributed by atoms with Crippen molar-refractivity contribution < 1.29 is 9.59 Å². The fourth-order valence-electron chi connectivity index (χ4n) is 3.31. The molecule has 3 rings (SSSR count). The second kappa shape index (κ2) is 7.51.